The Morgan fingerprint density at radius 2 is 2.00 bits per heavy atom. The molecule has 1 aromatic carbocycles. The van der Waals surface area contributed by atoms with E-state index in [4.69, 9.17) is 11.6 Å². The average molecular weight is 298 g/mol. The zero-order valence-corrected chi connectivity index (χ0v) is 12.1. The van der Waals surface area contributed by atoms with E-state index >= 15 is 0 Å². The SMILES string of the molecule is Cc1nc(Cl)c(C=O)c(Cc2ccnc3ccccc23)n1. The molecule has 0 aliphatic carbocycles. The molecule has 0 aliphatic heterocycles. The minimum Gasteiger partial charge on any atom is -0.298 e. The van der Waals surface area contributed by atoms with Gasteiger partial charge in [-0.05, 0) is 24.6 Å². The van der Waals surface area contributed by atoms with Gasteiger partial charge in [0.2, 0.25) is 0 Å². The number of hydrogen-bond donors (Lipinski definition) is 0. The number of carbonyl (C=O) groups excluding carboxylic acids is 1. The second kappa shape index (κ2) is 5.58. The minimum absolute atomic E-state index is 0.200. The largest absolute Gasteiger partial charge is 0.298 e. The van der Waals surface area contributed by atoms with Gasteiger partial charge in [-0.2, -0.15) is 0 Å². The van der Waals surface area contributed by atoms with Crippen molar-refractivity contribution in [3.05, 3.63) is 64.3 Å². The Kier molecular flexibility index (Phi) is 3.62. The van der Waals surface area contributed by atoms with Gasteiger partial charge in [0.25, 0.3) is 0 Å². The molecule has 0 atom stereocenters. The summed E-state index contributed by atoms with van der Waals surface area (Å²) in [5.74, 6) is 0.555. The van der Waals surface area contributed by atoms with Gasteiger partial charge in [-0.25, -0.2) is 9.97 Å². The van der Waals surface area contributed by atoms with Crippen LogP contribution < -0.4 is 0 Å². The number of nitrogens with zero attached hydrogens (tertiary/aromatic N) is 3. The number of rotatable bonds is 3. The highest BCUT2D eigenvalue weighted by Crippen LogP contribution is 2.22. The van der Waals surface area contributed by atoms with E-state index in [0.717, 1.165) is 16.5 Å². The Morgan fingerprint density at radius 3 is 2.81 bits per heavy atom. The summed E-state index contributed by atoms with van der Waals surface area (Å²) in [6, 6.07) is 9.81. The first-order chi connectivity index (χ1) is 10.2. The first kappa shape index (κ1) is 13.6. The van der Waals surface area contributed by atoms with Crippen LogP contribution in [0.4, 0.5) is 0 Å². The molecule has 0 unspecified atom stereocenters. The van der Waals surface area contributed by atoms with E-state index in [1.807, 2.05) is 30.3 Å². The second-order valence-corrected chi connectivity index (χ2v) is 5.06. The Bertz CT molecular complexity index is 828. The maximum atomic E-state index is 11.2. The number of benzene rings is 1. The summed E-state index contributed by atoms with van der Waals surface area (Å²) in [6.45, 7) is 1.76. The topological polar surface area (TPSA) is 55.7 Å². The number of fused-ring (bicyclic) bond motifs is 1. The Hall–Kier alpha value is -2.33. The summed E-state index contributed by atoms with van der Waals surface area (Å²) >= 11 is 6.02. The lowest BCUT2D eigenvalue weighted by Gasteiger charge is -2.09. The number of halogens is 1. The minimum atomic E-state index is 0.200. The smallest absolute Gasteiger partial charge is 0.155 e. The van der Waals surface area contributed by atoms with Gasteiger partial charge in [0, 0.05) is 18.0 Å². The molecule has 3 aromatic rings. The third-order valence-electron chi connectivity index (χ3n) is 3.30. The molecule has 0 saturated carbocycles. The number of aldehydes is 1. The van der Waals surface area contributed by atoms with Crippen molar-refractivity contribution in [1.29, 1.82) is 0 Å². The molecule has 0 N–H and O–H groups in total. The van der Waals surface area contributed by atoms with Gasteiger partial charge < -0.3 is 0 Å². The summed E-state index contributed by atoms with van der Waals surface area (Å²) in [4.78, 5) is 23.9. The lowest BCUT2D eigenvalue weighted by Crippen LogP contribution is -2.04. The van der Waals surface area contributed by atoms with Crippen LogP contribution in [0.15, 0.2) is 36.5 Å². The van der Waals surface area contributed by atoms with E-state index in [0.29, 0.717) is 29.8 Å². The fourth-order valence-electron chi connectivity index (χ4n) is 2.34. The van der Waals surface area contributed by atoms with Gasteiger partial charge in [-0.1, -0.05) is 29.8 Å². The molecular formula is C16H12ClN3O. The van der Waals surface area contributed by atoms with Gasteiger partial charge in [0.05, 0.1) is 16.8 Å². The van der Waals surface area contributed by atoms with Crippen molar-refractivity contribution in [2.24, 2.45) is 0 Å². The first-order valence-electron chi connectivity index (χ1n) is 6.50. The summed E-state index contributed by atoms with van der Waals surface area (Å²) < 4.78 is 0. The number of para-hydroxylation sites is 1. The van der Waals surface area contributed by atoms with Crippen molar-refractivity contribution >= 4 is 28.8 Å². The molecule has 0 fully saturated rings. The number of carbonyl (C=O) groups is 1. The molecular weight excluding hydrogens is 286 g/mol. The van der Waals surface area contributed by atoms with Crippen molar-refractivity contribution in [2.75, 3.05) is 0 Å². The first-order valence-corrected chi connectivity index (χ1v) is 6.87. The molecule has 0 saturated heterocycles. The van der Waals surface area contributed by atoms with Gasteiger partial charge in [-0.15, -0.1) is 0 Å². The van der Waals surface area contributed by atoms with E-state index in [2.05, 4.69) is 15.0 Å². The lowest BCUT2D eigenvalue weighted by atomic mass is 10.0. The van der Waals surface area contributed by atoms with Crippen LogP contribution in [-0.4, -0.2) is 21.2 Å². The molecule has 0 radical (unpaired) electrons. The van der Waals surface area contributed by atoms with E-state index in [9.17, 15) is 4.79 Å². The predicted octanol–water partition coefficient (Wildman–Crippen LogP) is 3.39. The summed E-state index contributed by atoms with van der Waals surface area (Å²) in [5, 5.41) is 1.25. The van der Waals surface area contributed by atoms with Crippen molar-refractivity contribution in [3.63, 3.8) is 0 Å². The third kappa shape index (κ3) is 2.62. The molecule has 0 bridgehead atoms. The molecule has 21 heavy (non-hydrogen) atoms. The highest BCUT2D eigenvalue weighted by atomic mass is 35.5. The van der Waals surface area contributed by atoms with E-state index < -0.39 is 0 Å². The van der Waals surface area contributed by atoms with E-state index in [-0.39, 0.29) is 5.15 Å². The van der Waals surface area contributed by atoms with Crippen molar-refractivity contribution in [1.82, 2.24) is 15.0 Å². The molecule has 4 nitrogen and oxygen atoms in total. The molecule has 0 spiro atoms. The van der Waals surface area contributed by atoms with Crippen LogP contribution in [0.5, 0.6) is 0 Å². The molecule has 0 aliphatic rings. The number of aromatic nitrogens is 3. The van der Waals surface area contributed by atoms with Crippen LogP contribution >= 0.6 is 11.6 Å². The van der Waals surface area contributed by atoms with Crippen LogP contribution in [0.3, 0.4) is 0 Å². The zero-order chi connectivity index (χ0) is 14.8. The summed E-state index contributed by atoms with van der Waals surface area (Å²) in [7, 11) is 0. The number of aryl methyl sites for hydroxylation is 1. The summed E-state index contributed by atoms with van der Waals surface area (Å²) in [6.07, 6.45) is 2.98. The van der Waals surface area contributed by atoms with E-state index in [1.165, 1.54) is 0 Å². The van der Waals surface area contributed by atoms with E-state index in [1.54, 1.807) is 13.1 Å². The van der Waals surface area contributed by atoms with Crippen LogP contribution in [0.2, 0.25) is 5.15 Å². The molecule has 0 amide bonds. The van der Waals surface area contributed by atoms with Crippen LogP contribution in [0.25, 0.3) is 10.9 Å². The monoisotopic (exact) mass is 297 g/mol. The normalized spacial score (nSPS) is 10.8. The maximum absolute atomic E-state index is 11.2. The highest BCUT2D eigenvalue weighted by molar-refractivity contribution is 6.31. The maximum Gasteiger partial charge on any atom is 0.155 e. The Morgan fingerprint density at radius 1 is 1.19 bits per heavy atom. The van der Waals surface area contributed by atoms with Gasteiger partial charge in [-0.3, -0.25) is 9.78 Å². The standard InChI is InChI=1S/C16H12ClN3O/c1-10-19-15(13(9-21)16(17)20-10)8-11-6-7-18-14-5-3-2-4-12(11)14/h2-7,9H,8H2,1H3. The fraction of sp³-hybridized carbons (Fsp3) is 0.125. The number of hydrogen-bond acceptors (Lipinski definition) is 4. The Balaban J connectivity index is 2.13. The highest BCUT2D eigenvalue weighted by Gasteiger charge is 2.13. The second-order valence-electron chi connectivity index (χ2n) is 4.70. The molecule has 104 valence electrons. The molecule has 5 heteroatoms. The molecule has 2 aromatic heterocycles. The van der Waals surface area contributed by atoms with Gasteiger partial charge in [0.1, 0.15) is 11.0 Å². The average Bonchev–Trinajstić information content (AvgIpc) is 2.47. The van der Waals surface area contributed by atoms with Crippen molar-refractivity contribution in [2.45, 2.75) is 13.3 Å². The van der Waals surface area contributed by atoms with Crippen molar-refractivity contribution in [3.8, 4) is 0 Å². The van der Waals surface area contributed by atoms with Crippen molar-refractivity contribution < 1.29 is 4.79 Å². The fourth-order valence-corrected chi connectivity index (χ4v) is 2.62. The summed E-state index contributed by atoms with van der Waals surface area (Å²) in [5.41, 5.74) is 2.96. The third-order valence-corrected chi connectivity index (χ3v) is 3.59. The van der Waals surface area contributed by atoms with Crippen LogP contribution in [0.1, 0.15) is 27.4 Å². The molecule has 2 heterocycles. The Labute approximate surface area is 126 Å². The molecule has 3 rings (SSSR count). The van der Waals surface area contributed by atoms with Crippen LogP contribution in [-0.2, 0) is 6.42 Å². The van der Waals surface area contributed by atoms with Gasteiger partial charge >= 0.3 is 0 Å². The predicted molar refractivity (Wildman–Crippen MR) is 81.7 cm³/mol. The van der Waals surface area contributed by atoms with Gasteiger partial charge in [0.15, 0.2) is 6.29 Å². The van der Waals surface area contributed by atoms with Crippen LogP contribution in [0, 0.1) is 6.92 Å². The quantitative estimate of drug-likeness (QED) is 0.549. The lowest BCUT2D eigenvalue weighted by molar-refractivity contribution is 0.112. The number of pyridine rings is 1. The zero-order valence-electron chi connectivity index (χ0n) is 11.4.